The van der Waals surface area contributed by atoms with Crippen LogP contribution in [0.4, 0.5) is 0 Å². The highest BCUT2D eigenvalue weighted by Gasteiger charge is 2.41. The van der Waals surface area contributed by atoms with E-state index in [0.717, 1.165) is 4.90 Å². The molecule has 2 aliphatic rings. The number of nitrogens with two attached hydrogens (primary N) is 1. The lowest BCUT2D eigenvalue weighted by Crippen LogP contribution is -2.62. The van der Waals surface area contributed by atoms with Crippen LogP contribution >= 0.6 is 11.8 Å². The Morgan fingerprint density at radius 3 is 1.80 bits per heavy atom. The zero-order valence-electron chi connectivity index (χ0n) is 29.9. The van der Waals surface area contributed by atoms with E-state index in [1.807, 2.05) is 13.8 Å². The Bertz CT molecular complexity index is 1250. The van der Waals surface area contributed by atoms with Crippen LogP contribution in [0.2, 0.25) is 0 Å². The molecule has 9 atom stereocenters. The number of aliphatic hydroxyl groups excluding tert-OH is 3. The van der Waals surface area contributed by atoms with E-state index in [1.54, 1.807) is 6.26 Å². The third-order valence-electron chi connectivity index (χ3n) is 8.87. The van der Waals surface area contributed by atoms with Crippen molar-refractivity contribution in [3.63, 3.8) is 0 Å². The van der Waals surface area contributed by atoms with Crippen LogP contribution in [0, 0.1) is 5.92 Å². The zero-order valence-corrected chi connectivity index (χ0v) is 30.7. The number of likely N-dealkylation sites (tertiary alicyclic amines) is 2. The molecule has 2 aliphatic heterocycles. The normalized spacial score (nSPS) is 21.5. The van der Waals surface area contributed by atoms with E-state index in [4.69, 9.17) is 5.73 Å². The van der Waals surface area contributed by atoms with Crippen LogP contribution in [0.3, 0.4) is 0 Å². The molecule has 2 heterocycles. The number of carboxylic acids is 1. The largest absolute Gasteiger partial charge is 0.480 e. The fraction of sp³-hybridized carbons (Fsp3) is 0.781. The first-order valence-electron chi connectivity index (χ1n) is 17.2. The van der Waals surface area contributed by atoms with E-state index in [1.165, 1.54) is 30.5 Å². The number of nitrogens with one attached hydrogen (secondary N) is 4. The maximum Gasteiger partial charge on any atom is 0.326 e. The molecule has 0 aromatic carbocycles. The predicted molar refractivity (Wildman–Crippen MR) is 186 cm³/mol. The molecule has 0 aromatic rings. The van der Waals surface area contributed by atoms with E-state index in [2.05, 4.69) is 21.3 Å². The molecule has 0 radical (unpaired) electrons. The van der Waals surface area contributed by atoms with Gasteiger partial charge in [0.1, 0.15) is 36.3 Å². The minimum absolute atomic E-state index is 0.0396. The lowest BCUT2D eigenvalue weighted by molar-refractivity contribution is -0.150. The highest BCUT2D eigenvalue weighted by molar-refractivity contribution is 7.98. The second-order valence-electron chi connectivity index (χ2n) is 13.5. The smallest absolute Gasteiger partial charge is 0.326 e. The van der Waals surface area contributed by atoms with Crippen molar-refractivity contribution in [2.75, 3.05) is 31.7 Å². The second-order valence-corrected chi connectivity index (χ2v) is 14.5. The summed E-state index contributed by atoms with van der Waals surface area (Å²) in [5, 5.41) is 49.8. The molecule has 0 aliphatic carbocycles. The van der Waals surface area contributed by atoms with Gasteiger partial charge < -0.3 is 57.2 Å². The number of carbonyl (C=O) groups excluding carboxylic acids is 6. The van der Waals surface area contributed by atoms with E-state index in [9.17, 15) is 54.0 Å². The van der Waals surface area contributed by atoms with Crippen molar-refractivity contribution in [2.45, 2.75) is 121 Å². The zero-order chi connectivity index (χ0) is 38.6. The number of hydrogen-bond donors (Lipinski definition) is 9. The summed E-state index contributed by atoms with van der Waals surface area (Å²) in [4.78, 5) is 93.4. The number of rotatable bonds is 19. The first-order chi connectivity index (χ1) is 23.9. The molecule has 0 spiro atoms. The molecule has 2 rings (SSSR count). The number of thioether (sulfide) groups is 1. The molecular weight excluding hydrogens is 690 g/mol. The molecule has 0 bridgehead atoms. The van der Waals surface area contributed by atoms with Gasteiger partial charge in [-0.05, 0) is 70.3 Å². The summed E-state index contributed by atoms with van der Waals surface area (Å²) in [5.41, 5.74) is 6.08. The topological polar surface area (TPSA) is 281 Å². The van der Waals surface area contributed by atoms with Gasteiger partial charge in [-0.1, -0.05) is 13.8 Å². The van der Waals surface area contributed by atoms with E-state index in [-0.39, 0.29) is 31.2 Å². The van der Waals surface area contributed by atoms with Crippen molar-refractivity contribution < 1.29 is 54.0 Å². The Hall–Kier alpha value is -3.52. The van der Waals surface area contributed by atoms with Crippen molar-refractivity contribution in [3.05, 3.63) is 0 Å². The van der Waals surface area contributed by atoms with Gasteiger partial charge in [0.2, 0.25) is 35.4 Å². The fourth-order valence-electron chi connectivity index (χ4n) is 6.12. The molecule has 0 aromatic heterocycles. The van der Waals surface area contributed by atoms with Gasteiger partial charge in [0.25, 0.3) is 0 Å². The van der Waals surface area contributed by atoms with Crippen molar-refractivity contribution >= 4 is 53.2 Å². The van der Waals surface area contributed by atoms with Gasteiger partial charge in [0.15, 0.2) is 0 Å². The number of nitrogens with zero attached hydrogens (tertiary/aromatic N) is 2. The SMILES string of the molecule is CSCC[C@H](NC(=O)[C@@H](NC(=O)[C@@H]1CCCN1C(=O)[C@@H](N)CC(C)C)[C@@H](C)O)C(=O)N[C@@H](CO)C(=O)N[C@H](C(=O)N1CCC[C@H]1C(=O)O)[C@@H](C)O. The molecule has 19 heteroatoms. The number of carbonyl (C=O) groups is 7. The quantitative estimate of drug-likeness (QED) is 0.0634. The number of carboxylic acid groups (broad SMARTS) is 1. The molecule has 2 saturated heterocycles. The fourth-order valence-corrected chi connectivity index (χ4v) is 6.59. The molecule has 51 heavy (non-hydrogen) atoms. The maximum atomic E-state index is 13.4. The maximum absolute atomic E-state index is 13.4. The van der Waals surface area contributed by atoms with Crippen LogP contribution in [0.15, 0.2) is 0 Å². The second kappa shape index (κ2) is 20.5. The highest BCUT2D eigenvalue weighted by Crippen LogP contribution is 2.21. The number of amides is 6. The molecule has 0 unspecified atom stereocenters. The molecule has 2 fully saturated rings. The first-order valence-corrected chi connectivity index (χ1v) is 18.6. The summed E-state index contributed by atoms with van der Waals surface area (Å²) < 4.78 is 0. The Morgan fingerprint density at radius 2 is 1.29 bits per heavy atom. The molecule has 6 amide bonds. The van der Waals surface area contributed by atoms with Gasteiger partial charge in [0, 0.05) is 13.1 Å². The minimum atomic E-state index is -1.64. The Labute approximate surface area is 302 Å². The lowest BCUT2D eigenvalue weighted by atomic mass is 10.0. The van der Waals surface area contributed by atoms with Crippen LogP contribution in [0.5, 0.6) is 0 Å². The average Bonchev–Trinajstić information content (AvgIpc) is 3.76. The first kappa shape index (κ1) is 43.6. The van der Waals surface area contributed by atoms with Crippen molar-refractivity contribution in [1.82, 2.24) is 31.1 Å². The van der Waals surface area contributed by atoms with Crippen LogP contribution in [-0.4, -0.2) is 158 Å². The summed E-state index contributed by atoms with van der Waals surface area (Å²) >= 11 is 1.35. The van der Waals surface area contributed by atoms with Crippen LogP contribution < -0.4 is 27.0 Å². The van der Waals surface area contributed by atoms with Crippen LogP contribution in [0.25, 0.3) is 0 Å². The summed E-state index contributed by atoms with van der Waals surface area (Å²) in [5.74, 6) is -5.50. The highest BCUT2D eigenvalue weighted by atomic mass is 32.2. The number of aliphatic hydroxyl groups is 3. The summed E-state index contributed by atoms with van der Waals surface area (Å²) in [7, 11) is 0. The van der Waals surface area contributed by atoms with Crippen LogP contribution in [0.1, 0.15) is 66.2 Å². The number of aliphatic carboxylic acids is 1. The molecule has 290 valence electrons. The summed E-state index contributed by atoms with van der Waals surface area (Å²) in [6, 6.07) is -8.91. The third kappa shape index (κ3) is 12.3. The van der Waals surface area contributed by atoms with Gasteiger partial charge >= 0.3 is 5.97 Å². The van der Waals surface area contributed by atoms with Gasteiger partial charge in [-0.2, -0.15) is 11.8 Å². The van der Waals surface area contributed by atoms with Gasteiger partial charge in [0.05, 0.1) is 24.9 Å². The molecule has 18 nitrogen and oxygen atoms in total. The Balaban J connectivity index is 2.15. The van der Waals surface area contributed by atoms with E-state index in [0.29, 0.717) is 38.0 Å². The average molecular weight is 746 g/mol. The molecule has 0 saturated carbocycles. The van der Waals surface area contributed by atoms with E-state index < -0.39 is 96.6 Å². The third-order valence-corrected chi connectivity index (χ3v) is 9.51. The molecular formula is C32H55N7O11S. The lowest BCUT2D eigenvalue weighted by Gasteiger charge is -2.30. The van der Waals surface area contributed by atoms with E-state index >= 15 is 0 Å². The predicted octanol–water partition coefficient (Wildman–Crippen LogP) is -3.13. The monoisotopic (exact) mass is 745 g/mol. The standard InChI is InChI=1S/C32H55N7O11S/c1-16(2)14-19(33)30(47)38-11-6-8-22(38)28(45)36-24(17(3)41)29(46)34-20(10-13-51-5)26(43)35-21(15-40)27(44)37-25(18(4)42)31(48)39-12-7-9-23(39)32(49)50/h16-25,40-42H,6-15,33H2,1-5H3,(H,34,46)(H,35,43)(H,36,45)(H,37,44)(H,49,50)/t17-,18-,19+,20+,21+,22+,23+,24+,25+/m1/s1. The molecule has 10 N–H and O–H groups in total. The Kier molecular flexibility index (Phi) is 17.5. The van der Waals surface area contributed by atoms with Crippen molar-refractivity contribution in [3.8, 4) is 0 Å². The minimum Gasteiger partial charge on any atom is -0.480 e. The summed E-state index contributed by atoms with van der Waals surface area (Å²) in [6.07, 6.45) is 0.802. The Morgan fingerprint density at radius 1 is 0.765 bits per heavy atom. The van der Waals surface area contributed by atoms with Crippen LogP contribution in [-0.2, 0) is 33.6 Å². The van der Waals surface area contributed by atoms with Gasteiger partial charge in [-0.25, -0.2) is 4.79 Å². The summed E-state index contributed by atoms with van der Waals surface area (Å²) in [6.45, 7) is 5.79. The van der Waals surface area contributed by atoms with Gasteiger partial charge in [-0.15, -0.1) is 0 Å². The van der Waals surface area contributed by atoms with Crippen molar-refractivity contribution in [1.29, 1.82) is 0 Å². The van der Waals surface area contributed by atoms with Crippen molar-refractivity contribution in [2.24, 2.45) is 11.7 Å². The number of hydrogen-bond acceptors (Lipinski definition) is 12. The van der Waals surface area contributed by atoms with Gasteiger partial charge in [-0.3, -0.25) is 28.8 Å².